The number of carbonyl (C=O) groups excluding carboxylic acids is 2. The Morgan fingerprint density at radius 3 is 3.04 bits per heavy atom. The van der Waals surface area contributed by atoms with Crippen molar-refractivity contribution >= 4 is 11.8 Å². The summed E-state index contributed by atoms with van der Waals surface area (Å²) in [4.78, 5) is 26.1. The van der Waals surface area contributed by atoms with Gasteiger partial charge in [-0.3, -0.25) is 14.3 Å². The molecule has 2 aromatic rings. The molecule has 1 atom stereocenters. The molecule has 3 rings (SSSR count). The fourth-order valence-electron chi connectivity index (χ4n) is 2.95. The van der Waals surface area contributed by atoms with Crippen LogP contribution >= 0.6 is 0 Å². The van der Waals surface area contributed by atoms with Crippen LogP contribution in [0.25, 0.3) is 0 Å². The van der Waals surface area contributed by atoms with E-state index in [4.69, 9.17) is 4.42 Å². The van der Waals surface area contributed by atoms with E-state index in [0.717, 1.165) is 18.7 Å². The number of hydrogen-bond acceptors (Lipinski definition) is 4. The maximum absolute atomic E-state index is 12.4. The Balaban J connectivity index is 1.49. The van der Waals surface area contributed by atoms with Crippen LogP contribution in [0.4, 0.5) is 0 Å². The van der Waals surface area contributed by atoms with Crippen LogP contribution in [-0.2, 0) is 22.7 Å². The van der Waals surface area contributed by atoms with E-state index in [1.807, 2.05) is 36.0 Å². The van der Waals surface area contributed by atoms with E-state index < -0.39 is 6.04 Å². The Bertz CT molecular complexity index is 693. The first-order chi connectivity index (χ1) is 11.6. The maximum atomic E-state index is 12.4. The van der Waals surface area contributed by atoms with E-state index >= 15 is 0 Å². The lowest BCUT2D eigenvalue weighted by molar-refractivity contribution is -0.136. The molecule has 1 N–H and O–H groups in total. The summed E-state index contributed by atoms with van der Waals surface area (Å²) in [6.07, 6.45) is 5.39. The summed E-state index contributed by atoms with van der Waals surface area (Å²) < 4.78 is 7.36. The van der Waals surface area contributed by atoms with Crippen molar-refractivity contribution in [2.24, 2.45) is 0 Å². The highest BCUT2D eigenvalue weighted by molar-refractivity contribution is 5.90. The van der Waals surface area contributed by atoms with Gasteiger partial charge < -0.3 is 14.6 Å². The molecule has 0 radical (unpaired) electrons. The molecule has 0 saturated carbocycles. The van der Waals surface area contributed by atoms with Crippen LogP contribution < -0.4 is 5.32 Å². The lowest BCUT2D eigenvalue weighted by atomic mass is 10.2. The maximum Gasteiger partial charge on any atom is 0.242 e. The highest BCUT2D eigenvalue weighted by Gasteiger charge is 2.36. The summed E-state index contributed by atoms with van der Waals surface area (Å²) in [5.41, 5.74) is 0. The van der Waals surface area contributed by atoms with Gasteiger partial charge in [0.15, 0.2) is 0 Å². The number of amides is 2. The summed E-state index contributed by atoms with van der Waals surface area (Å²) in [5.74, 6) is 1.42. The molecule has 0 aliphatic carbocycles. The van der Waals surface area contributed by atoms with Gasteiger partial charge in [-0.25, -0.2) is 0 Å². The summed E-state index contributed by atoms with van der Waals surface area (Å²) in [5, 5.41) is 7.05. The van der Waals surface area contributed by atoms with Gasteiger partial charge in [-0.1, -0.05) is 0 Å². The third-order valence-electron chi connectivity index (χ3n) is 4.18. The molecule has 1 unspecified atom stereocenters. The van der Waals surface area contributed by atoms with Gasteiger partial charge in [-0.15, -0.1) is 0 Å². The zero-order valence-electron chi connectivity index (χ0n) is 13.8. The van der Waals surface area contributed by atoms with Crippen LogP contribution in [0.1, 0.15) is 30.8 Å². The van der Waals surface area contributed by atoms with Gasteiger partial charge in [-0.2, -0.15) is 5.10 Å². The molecule has 7 heteroatoms. The van der Waals surface area contributed by atoms with Gasteiger partial charge in [-0.05, 0) is 38.0 Å². The molecule has 1 aliphatic heterocycles. The minimum atomic E-state index is -0.410. The van der Waals surface area contributed by atoms with Crippen molar-refractivity contribution in [2.75, 3.05) is 6.54 Å². The summed E-state index contributed by atoms with van der Waals surface area (Å²) in [6, 6.07) is 5.17. The molecule has 1 aliphatic rings. The molecule has 1 fully saturated rings. The quantitative estimate of drug-likeness (QED) is 0.780. The zero-order chi connectivity index (χ0) is 16.9. The highest BCUT2D eigenvalue weighted by Crippen LogP contribution is 2.22. The number of likely N-dealkylation sites (tertiary alicyclic amines) is 1. The van der Waals surface area contributed by atoms with Gasteiger partial charge in [0.1, 0.15) is 17.6 Å². The van der Waals surface area contributed by atoms with Crippen molar-refractivity contribution in [3.05, 3.63) is 42.1 Å². The Hall–Kier alpha value is -2.57. The van der Waals surface area contributed by atoms with E-state index in [0.29, 0.717) is 31.7 Å². The van der Waals surface area contributed by atoms with Crippen molar-refractivity contribution in [3.63, 3.8) is 0 Å². The van der Waals surface area contributed by atoms with Crippen LogP contribution in [0, 0.1) is 6.92 Å². The third kappa shape index (κ3) is 3.84. The molecule has 0 bridgehead atoms. The van der Waals surface area contributed by atoms with Crippen LogP contribution in [0.5, 0.6) is 0 Å². The topological polar surface area (TPSA) is 80.4 Å². The average Bonchev–Trinajstić information content (AvgIpc) is 3.28. The Labute approximate surface area is 140 Å². The molecule has 24 heavy (non-hydrogen) atoms. The Morgan fingerprint density at radius 2 is 2.33 bits per heavy atom. The molecule has 1 saturated heterocycles. The number of nitrogens with zero attached hydrogens (tertiary/aromatic N) is 3. The number of nitrogens with one attached hydrogen (secondary N) is 1. The smallest absolute Gasteiger partial charge is 0.242 e. The Kier molecular flexibility index (Phi) is 4.98. The zero-order valence-corrected chi connectivity index (χ0v) is 13.8. The van der Waals surface area contributed by atoms with Crippen molar-refractivity contribution in [3.8, 4) is 0 Å². The van der Waals surface area contributed by atoms with Gasteiger partial charge >= 0.3 is 0 Å². The molecule has 0 aromatic carbocycles. The predicted molar refractivity (Wildman–Crippen MR) is 86.9 cm³/mol. The van der Waals surface area contributed by atoms with Gasteiger partial charge in [0.05, 0.1) is 6.54 Å². The van der Waals surface area contributed by atoms with Crippen molar-refractivity contribution in [1.82, 2.24) is 20.0 Å². The third-order valence-corrected chi connectivity index (χ3v) is 4.18. The normalized spacial score (nSPS) is 17.5. The van der Waals surface area contributed by atoms with Crippen molar-refractivity contribution in [1.29, 1.82) is 0 Å². The minimum Gasteiger partial charge on any atom is -0.464 e. The first kappa shape index (κ1) is 16.3. The van der Waals surface area contributed by atoms with Crippen LogP contribution in [-0.4, -0.2) is 39.1 Å². The number of aromatic nitrogens is 2. The van der Waals surface area contributed by atoms with Crippen molar-refractivity contribution in [2.45, 2.75) is 45.3 Å². The fraction of sp³-hybridized carbons (Fsp3) is 0.471. The van der Waals surface area contributed by atoms with Gasteiger partial charge in [0.2, 0.25) is 11.8 Å². The number of hydrogen-bond donors (Lipinski definition) is 1. The molecular formula is C17H22N4O3. The number of carbonyl (C=O) groups is 2. The van der Waals surface area contributed by atoms with Gasteiger partial charge in [0.25, 0.3) is 0 Å². The van der Waals surface area contributed by atoms with E-state index in [1.54, 1.807) is 11.1 Å². The second kappa shape index (κ2) is 7.33. The van der Waals surface area contributed by atoms with Crippen LogP contribution in [0.3, 0.4) is 0 Å². The molecular weight excluding hydrogens is 308 g/mol. The van der Waals surface area contributed by atoms with Crippen LogP contribution in [0.15, 0.2) is 35.0 Å². The molecule has 128 valence electrons. The van der Waals surface area contributed by atoms with Crippen molar-refractivity contribution < 1.29 is 14.0 Å². The molecule has 7 nitrogen and oxygen atoms in total. The standard InChI is InChI=1S/C17H22N4O3/c1-13-4-5-14(24-13)12-21-15(6-7-16(21)22)17(23)18-8-2-10-20-11-3-9-19-20/h3-5,9,11,15H,2,6-8,10,12H2,1H3,(H,18,23). The summed E-state index contributed by atoms with van der Waals surface area (Å²) in [7, 11) is 0. The summed E-state index contributed by atoms with van der Waals surface area (Å²) >= 11 is 0. The highest BCUT2D eigenvalue weighted by atomic mass is 16.3. The van der Waals surface area contributed by atoms with E-state index in [-0.39, 0.29) is 11.8 Å². The average molecular weight is 330 g/mol. The second-order valence-electron chi connectivity index (χ2n) is 6.00. The van der Waals surface area contributed by atoms with Gasteiger partial charge in [0, 0.05) is 31.9 Å². The molecule has 2 aromatic heterocycles. The van der Waals surface area contributed by atoms with E-state index in [9.17, 15) is 9.59 Å². The molecule has 2 amide bonds. The SMILES string of the molecule is Cc1ccc(CN2C(=O)CCC2C(=O)NCCCn2cccn2)o1. The Morgan fingerprint density at radius 1 is 1.46 bits per heavy atom. The lowest BCUT2D eigenvalue weighted by Crippen LogP contribution is -2.44. The second-order valence-corrected chi connectivity index (χ2v) is 6.00. The number of aryl methyl sites for hydroxylation is 2. The minimum absolute atomic E-state index is 0.000689. The monoisotopic (exact) mass is 330 g/mol. The molecule has 3 heterocycles. The predicted octanol–water partition coefficient (Wildman–Crippen LogP) is 1.48. The first-order valence-electron chi connectivity index (χ1n) is 8.23. The summed E-state index contributed by atoms with van der Waals surface area (Å²) in [6.45, 7) is 3.53. The first-order valence-corrected chi connectivity index (χ1v) is 8.23. The fourth-order valence-corrected chi connectivity index (χ4v) is 2.95. The number of rotatable bonds is 7. The molecule has 0 spiro atoms. The lowest BCUT2D eigenvalue weighted by Gasteiger charge is -2.23. The number of furan rings is 1. The largest absolute Gasteiger partial charge is 0.464 e. The van der Waals surface area contributed by atoms with E-state index in [2.05, 4.69) is 10.4 Å². The van der Waals surface area contributed by atoms with E-state index in [1.165, 1.54) is 0 Å². The van der Waals surface area contributed by atoms with Crippen LogP contribution in [0.2, 0.25) is 0 Å².